The van der Waals surface area contributed by atoms with Crippen molar-refractivity contribution in [3.8, 4) is 17.2 Å². The number of benzene rings is 1. The molecule has 0 spiro atoms. The number of aryl methyl sites for hydroxylation is 1. The fourth-order valence-corrected chi connectivity index (χ4v) is 5.58. The van der Waals surface area contributed by atoms with E-state index in [1.54, 1.807) is 17.5 Å². The third-order valence-electron chi connectivity index (χ3n) is 5.69. The van der Waals surface area contributed by atoms with Crippen molar-refractivity contribution in [1.82, 2.24) is 14.3 Å². The van der Waals surface area contributed by atoms with Gasteiger partial charge in [-0.3, -0.25) is 9.59 Å². The Morgan fingerprint density at radius 1 is 1.09 bits per heavy atom. The summed E-state index contributed by atoms with van der Waals surface area (Å²) in [6.45, 7) is 3.05. The molecule has 1 fully saturated rings. The number of anilines is 1. The quantitative estimate of drug-likeness (QED) is 0.516. The summed E-state index contributed by atoms with van der Waals surface area (Å²) >= 11 is 2.73. The number of methoxy groups -OCH3 is 3. The lowest BCUT2D eigenvalue weighted by molar-refractivity contribution is 0.0708. The van der Waals surface area contributed by atoms with Gasteiger partial charge < -0.3 is 24.4 Å². The summed E-state index contributed by atoms with van der Waals surface area (Å²) in [5.41, 5.74) is 1.70. The number of carbonyl (C=O) groups excluding carboxylic acids is 2. The first kappa shape index (κ1) is 24.0. The van der Waals surface area contributed by atoms with Crippen molar-refractivity contribution in [1.29, 1.82) is 0 Å². The normalized spacial score (nSPS) is 14.1. The molecule has 3 heterocycles. The fourth-order valence-electron chi connectivity index (χ4n) is 3.95. The van der Waals surface area contributed by atoms with Gasteiger partial charge in [0.2, 0.25) is 5.75 Å². The van der Waals surface area contributed by atoms with Crippen LogP contribution in [0, 0.1) is 6.92 Å². The monoisotopic (exact) mass is 502 g/mol. The number of amides is 2. The second-order valence-corrected chi connectivity index (χ2v) is 9.50. The molecule has 0 saturated carbocycles. The van der Waals surface area contributed by atoms with Gasteiger partial charge in [0, 0.05) is 24.4 Å². The number of nitrogens with one attached hydrogen (secondary N) is 1. The van der Waals surface area contributed by atoms with Gasteiger partial charge in [0.1, 0.15) is 10.7 Å². The minimum atomic E-state index is -0.237. The van der Waals surface area contributed by atoms with Gasteiger partial charge in [-0.15, -0.1) is 11.3 Å². The van der Waals surface area contributed by atoms with Crippen LogP contribution in [-0.4, -0.2) is 60.5 Å². The lowest BCUT2D eigenvalue weighted by Gasteiger charge is -2.31. The van der Waals surface area contributed by atoms with E-state index in [1.807, 2.05) is 17.9 Å². The zero-order chi connectivity index (χ0) is 24.2. The van der Waals surface area contributed by atoms with Crippen LogP contribution in [0.5, 0.6) is 17.2 Å². The minimum Gasteiger partial charge on any atom is -0.493 e. The molecule has 0 unspecified atom stereocenters. The van der Waals surface area contributed by atoms with Crippen LogP contribution in [0.1, 0.15) is 50.3 Å². The summed E-state index contributed by atoms with van der Waals surface area (Å²) in [7, 11) is 4.56. The summed E-state index contributed by atoms with van der Waals surface area (Å²) in [6.07, 6.45) is 1.54. The van der Waals surface area contributed by atoms with Crippen molar-refractivity contribution in [2.45, 2.75) is 25.7 Å². The van der Waals surface area contributed by atoms with E-state index in [1.165, 1.54) is 44.2 Å². The number of likely N-dealkylation sites (tertiary alicyclic amines) is 1. The van der Waals surface area contributed by atoms with Crippen LogP contribution in [0.2, 0.25) is 0 Å². The zero-order valence-electron chi connectivity index (χ0n) is 19.4. The molecule has 1 aliphatic rings. The van der Waals surface area contributed by atoms with E-state index in [0.29, 0.717) is 46.6 Å². The smallest absolute Gasteiger partial charge is 0.275 e. The van der Waals surface area contributed by atoms with E-state index >= 15 is 0 Å². The minimum absolute atomic E-state index is 0.115. The number of piperidine rings is 1. The Kier molecular flexibility index (Phi) is 7.32. The van der Waals surface area contributed by atoms with Crippen molar-refractivity contribution in [3.05, 3.63) is 45.5 Å². The van der Waals surface area contributed by atoms with Gasteiger partial charge in [-0.1, -0.05) is 0 Å². The van der Waals surface area contributed by atoms with Gasteiger partial charge in [0.15, 0.2) is 11.5 Å². The number of rotatable bonds is 7. The van der Waals surface area contributed by atoms with E-state index in [2.05, 4.69) is 14.7 Å². The topological polar surface area (TPSA) is 103 Å². The van der Waals surface area contributed by atoms with Gasteiger partial charge in [0.25, 0.3) is 11.8 Å². The zero-order valence-corrected chi connectivity index (χ0v) is 21.0. The van der Waals surface area contributed by atoms with Crippen LogP contribution >= 0.6 is 22.9 Å². The van der Waals surface area contributed by atoms with E-state index in [4.69, 9.17) is 14.2 Å². The molecule has 9 nitrogen and oxygen atoms in total. The van der Waals surface area contributed by atoms with Crippen LogP contribution < -0.4 is 19.5 Å². The maximum absolute atomic E-state index is 13.2. The van der Waals surface area contributed by atoms with Gasteiger partial charge in [-0.25, -0.2) is 4.98 Å². The molecule has 1 aliphatic heterocycles. The lowest BCUT2D eigenvalue weighted by Crippen LogP contribution is -2.38. The Morgan fingerprint density at radius 3 is 2.44 bits per heavy atom. The molecule has 11 heteroatoms. The predicted octanol–water partition coefficient (Wildman–Crippen LogP) is 4.21. The van der Waals surface area contributed by atoms with E-state index < -0.39 is 0 Å². The molecule has 2 amide bonds. The third-order valence-corrected chi connectivity index (χ3v) is 7.49. The summed E-state index contributed by atoms with van der Waals surface area (Å²) in [4.78, 5) is 32.1. The van der Waals surface area contributed by atoms with Crippen LogP contribution in [0.25, 0.3) is 0 Å². The molecule has 4 rings (SSSR count). The summed E-state index contributed by atoms with van der Waals surface area (Å²) < 4.78 is 20.4. The second-order valence-electron chi connectivity index (χ2n) is 7.81. The predicted molar refractivity (Wildman–Crippen MR) is 131 cm³/mol. The molecule has 1 N–H and O–H groups in total. The van der Waals surface area contributed by atoms with Crippen LogP contribution in [-0.2, 0) is 0 Å². The number of hydrogen-bond donors (Lipinski definition) is 1. The largest absolute Gasteiger partial charge is 0.493 e. The van der Waals surface area contributed by atoms with Crippen molar-refractivity contribution >= 4 is 39.7 Å². The molecule has 1 aromatic carbocycles. The first-order chi connectivity index (χ1) is 16.4. The van der Waals surface area contributed by atoms with Gasteiger partial charge in [-0.05, 0) is 49.5 Å². The Labute approximate surface area is 205 Å². The molecule has 180 valence electrons. The van der Waals surface area contributed by atoms with Crippen LogP contribution in [0.3, 0.4) is 0 Å². The molecule has 0 radical (unpaired) electrons. The Hall–Kier alpha value is -3.18. The number of ether oxygens (including phenoxy) is 3. The Morgan fingerprint density at radius 2 is 1.82 bits per heavy atom. The average Bonchev–Trinajstić information content (AvgIpc) is 3.52. The molecule has 0 aliphatic carbocycles. The molecular weight excluding hydrogens is 476 g/mol. The number of carbonyl (C=O) groups is 2. The Balaban J connectivity index is 1.40. The maximum atomic E-state index is 13.2. The molecule has 1 saturated heterocycles. The van der Waals surface area contributed by atoms with Crippen molar-refractivity contribution in [2.75, 3.05) is 39.7 Å². The SMILES string of the molecule is COc1ccc(C(=O)N2CCC(c3nc(C(=O)Nc4cc(C)ns4)cs3)CC2)c(OC)c1OC. The highest BCUT2D eigenvalue weighted by Gasteiger charge is 2.30. The maximum Gasteiger partial charge on any atom is 0.275 e. The Bertz CT molecular complexity index is 1180. The van der Waals surface area contributed by atoms with Crippen molar-refractivity contribution in [3.63, 3.8) is 0 Å². The first-order valence-electron chi connectivity index (χ1n) is 10.7. The molecule has 0 atom stereocenters. The fraction of sp³-hybridized carbons (Fsp3) is 0.391. The van der Waals surface area contributed by atoms with E-state index in [-0.39, 0.29) is 17.7 Å². The lowest BCUT2D eigenvalue weighted by atomic mass is 9.97. The van der Waals surface area contributed by atoms with Crippen molar-refractivity contribution in [2.24, 2.45) is 0 Å². The first-order valence-corrected chi connectivity index (χ1v) is 12.4. The number of nitrogens with zero attached hydrogens (tertiary/aromatic N) is 3. The van der Waals surface area contributed by atoms with E-state index in [9.17, 15) is 9.59 Å². The highest BCUT2D eigenvalue weighted by molar-refractivity contribution is 7.10. The van der Waals surface area contributed by atoms with Gasteiger partial charge in [-0.2, -0.15) is 4.37 Å². The highest BCUT2D eigenvalue weighted by Crippen LogP contribution is 2.41. The average molecular weight is 503 g/mol. The second kappa shape index (κ2) is 10.4. The van der Waals surface area contributed by atoms with Crippen LogP contribution in [0.4, 0.5) is 5.00 Å². The molecule has 34 heavy (non-hydrogen) atoms. The molecule has 0 bridgehead atoms. The molecule has 3 aromatic rings. The molecule has 2 aromatic heterocycles. The molecular formula is C23H26N4O5S2. The summed E-state index contributed by atoms with van der Waals surface area (Å²) in [5, 5.41) is 6.24. The van der Waals surface area contributed by atoms with Gasteiger partial charge in [0.05, 0.1) is 37.6 Å². The number of aromatic nitrogens is 2. The summed E-state index contributed by atoms with van der Waals surface area (Å²) in [5.74, 6) is 1.11. The van der Waals surface area contributed by atoms with Gasteiger partial charge >= 0.3 is 0 Å². The summed E-state index contributed by atoms with van der Waals surface area (Å²) in [6, 6.07) is 5.23. The van der Waals surface area contributed by atoms with Crippen LogP contribution in [0.15, 0.2) is 23.6 Å². The highest BCUT2D eigenvalue weighted by atomic mass is 32.1. The standard InChI is InChI=1S/C23H26N4O5S2/c1-13-11-18(34-26-13)25-21(28)16-12-33-22(24-16)14-7-9-27(10-8-14)23(29)15-5-6-17(30-2)20(32-4)19(15)31-3/h5-6,11-12,14H,7-10H2,1-4H3,(H,25,28). The third kappa shape index (κ3) is 4.85. The van der Waals surface area contributed by atoms with E-state index in [0.717, 1.165) is 23.5 Å². The number of thiazole rings is 1. The van der Waals surface area contributed by atoms with Crippen molar-refractivity contribution < 1.29 is 23.8 Å². The number of hydrogen-bond acceptors (Lipinski definition) is 9.